The van der Waals surface area contributed by atoms with Gasteiger partial charge in [-0.2, -0.15) is 0 Å². The molecule has 1 heterocycles. The molecule has 0 spiro atoms. The van der Waals surface area contributed by atoms with Crippen molar-refractivity contribution in [1.82, 2.24) is 10.3 Å². The van der Waals surface area contributed by atoms with Crippen LogP contribution in [-0.2, 0) is 22.3 Å². The predicted molar refractivity (Wildman–Crippen MR) is 98.3 cm³/mol. The Morgan fingerprint density at radius 3 is 2.39 bits per heavy atom. The Morgan fingerprint density at radius 1 is 1.26 bits per heavy atom. The molecule has 1 amide bonds. The molecule has 1 aromatic heterocycles. The molecule has 0 aliphatic carbocycles. The van der Waals surface area contributed by atoms with Crippen molar-refractivity contribution in [3.05, 3.63) is 50.4 Å². The van der Waals surface area contributed by atoms with Gasteiger partial charge in [-0.15, -0.1) is 11.3 Å². The average Bonchev–Trinajstić information content (AvgIpc) is 2.94. The van der Waals surface area contributed by atoms with Gasteiger partial charge >= 0.3 is 0 Å². The number of nitrogens with one attached hydrogen (secondary N) is 1. The Labute approximate surface area is 149 Å². The van der Waals surface area contributed by atoms with Crippen LogP contribution >= 0.6 is 27.3 Å². The van der Waals surface area contributed by atoms with Crippen LogP contribution in [0.1, 0.15) is 44.0 Å². The van der Waals surface area contributed by atoms with Crippen molar-refractivity contribution >= 4 is 33.2 Å². The highest BCUT2D eigenvalue weighted by molar-refractivity contribution is 9.10. The summed E-state index contributed by atoms with van der Waals surface area (Å²) in [5.74, 6) is -0.215. The lowest BCUT2D eigenvalue weighted by atomic mass is 9.92. The van der Waals surface area contributed by atoms with Crippen molar-refractivity contribution in [2.45, 2.75) is 45.2 Å². The first-order chi connectivity index (χ1) is 10.6. The van der Waals surface area contributed by atoms with Crippen LogP contribution in [0.3, 0.4) is 0 Å². The smallest absolute Gasteiger partial charge is 0.244 e. The number of rotatable bonds is 4. The number of aromatic nitrogens is 1. The highest BCUT2D eigenvalue weighted by atomic mass is 79.9. The fraction of sp³-hybridized carbons (Fsp3) is 0.412. The molecule has 0 saturated heterocycles. The second kappa shape index (κ2) is 6.71. The Balaban J connectivity index is 2.04. The summed E-state index contributed by atoms with van der Waals surface area (Å²) in [5, 5.41) is 5.81. The molecular weight excluding hydrogens is 374 g/mol. The average molecular weight is 396 g/mol. The second-order valence-corrected chi connectivity index (χ2v) is 8.63. The normalized spacial score (nSPS) is 14.3. The molecule has 3 N–H and O–H groups in total. The van der Waals surface area contributed by atoms with Gasteiger partial charge in [0.2, 0.25) is 5.91 Å². The van der Waals surface area contributed by atoms with E-state index in [4.69, 9.17) is 5.73 Å². The van der Waals surface area contributed by atoms with Gasteiger partial charge in [0.05, 0.1) is 12.2 Å². The van der Waals surface area contributed by atoms with Gasteiger partial charge in [0.15, 0.2) is 0 Å². The fourth-order valence-corrected chi connectivity index (χ4v) is 3.23. The summed E-state index contributed by atoms with van der Waals surface area (Å²) >= 11 is 4.93. The molecule has 0 aliphatic rings. The van der Waals surface area contributed by atoms with E-state index in [9.17, 15) is 4.79 Å². The zero-order valence-corrected chi connectivity index (χ0v) is 16.2. The summed E-state index contributed by atoms with van der Waals surface area (Å²) in [7, 11) is 0. The number of thiazole rings is 1. The number of nitrogens with zero attached hydrogens (tertiary/aromatic N) is 1. The number of benzene rings is 1. The lowest BCUT2D eigenvalue weighted by Gasteiger charge is -2.24. The maximum atomic E-state index is 12.5. The number of halogens is 1. The van der Waals surface area contributed by atoms with E-state index in [0.29, 0.717) is 6.54 Å². The predicted octanol–water partition coefficient (Wildman–Crippen LogP) is 3.69. The Hall–Kier alpha value is -1.24. The third-order valence-corrected chi connectivity index (χ3v) is 5.01. The van der Waals surface area contributed by atoms with Crippen LogP contribution in [-0.4, -0.2) is 10.9 Å². The van der Waals surface area contributed by atoms with Gasteiger partial charge in [0, 0.05) is 15.3 Å². The minimum Gasteiger partial charge on any atom is -0.348 e. The van der Waals surface area contributed by atoms with Gasteiger partial charge in [-0.05, 0) is 24.6 Å². The van der Waals surface area contributed by atoms with Crippen LogP contribution in [0.5, 0.6) is 0 Å². The van der Waals surface area contributed by atoms with E-state index in [-0.39, 0.29) is 11.3 Å². The SMILES string of the molecule is CC(C)(C)c1csc(CNC(=O)C(C)(N)c2ccc(Br)cc2)n1. The number of nitrogens with two attached hydrogens (primary N) is 1. The van der Waals surface area contributed by atoms with Crippen molar-refractivity contribution in [1.29, 1.82) is 0 Å². The maximum absolute atomic E-state index is 12.5. The van der Waals surface area contributed by atoms with Crippen LogP contribution in [0, 0.1) is 0 Å². The number of carbonyl (C=O) groups excluding carboxylic acids is 1. The molecule has 2 rings (SSSR count). The Kier molecular flexibility index (Phi) is 5.28. The van der Waals surface area contributed by atoms with Crippen molar-refractivity contribution in [3.63, 3.8) is 0 Å². The molecule has 0 saturated carbocycles. The van der Waals surface area contributed by atoms with Gasteiger partial charge in [0.25, 0.3) is 0 Å². The van der Waals surface area contributed by atoms with Crippen molar-refractivity contribution < 1.29 is 4.79 Å². The molecule has 0 fully saturated rings. The Morgan fingerprint density at radius 2 is 1.87 bits per heavy atom. The first-order valence-electron chi connectivity index (χ1n) is 7.39. The minimum absolute atomic E-state index is 0.0125. The van der Waals surface area contributed by atoms with Gasteiger partial charge in [-0.25, -0.2) is 4.98 Å². The van der Waals surface area contributed by atoms with Crippen LogP contribution in [0.4, 0.5) is 0 Å². The van der Waals surface area contributed by atoms with E-state index >= 15 is 0 Å². The molecule has 0 bridgehead atoms. The van der Waals surface area contributed by atoms with Crippen molar-refractivity contribution in [2.75, 3.05) is 0 Å². The van der Waals surface area contributed by atoms with Gasteiger partial charge in [-0.3, -0.25) is 4.79 Å². The topological polar surface area (TPSA) is 68.0 Å². The highest BCUT2D eigenvalue weighted by Gasteiger charge is 2.30. The molecule has 1 atom stereocenters. The monoisotopic (exact) mass is 395 g/mol. The fourth-order valence-electron chi connectivity index (χ4n) is 2.00. The lowest BCUT2D eigenvalue weighted by molar-refractivity contribution is -0.126. The van der Waals surface area contributed by atoms with Crippen molar-refractivity contribution in [3.8, 4) is 0 Å². The zero-order valence-electron chi connectivity index (χ0n) is 13.8. The molecule has 2 aromatic rings. The van der Waals surface area contributed by atoms with Gasteiger partial charge < -0.3 is 11.1 Å². The van der Waals surface area contributed by atoms with Crippen LogP contribution in [0.2, 0.25) is 0 Å². The van der Waals surface area contributed by atoms with E-state index in [1.54, 1.807) is 18.3 Å². The first kappa shape index (κ1) is 18.1. The maximum Gasteiger partial charge on any atom is 0.244 e. The summed E-state index contributed by atoms with van der Waals surface area (Å²) in [6, 6.07) is 7.46. The van der Waals surface area contributed by atoms with Crippen LogP contribution in [0.25, 0.3) is 0 Å². The van der Waals surface area contributed by atoms with Crippen molar-refractivity contribution in [2.24, 2.45) is 5.73 Å². The molecule has 6 heteroatoms. The number of hydrogen-bond acceptors (Lipinski definition) is 4. The third kappa shape index (κ3) is 4.40. The van der Waals surface area contributed by atoms with Crippen LogP contribution in [0.15, 0.2) is 34.1 Å². The summed E-state index contributed by atoms with van der Waals surface area (Å²) in [6.45, 7) is 8.47. The summed E-state index contributed by atoms with van der Waals surface area (Å²) < 4.78 is 0.954. The molecular formula is C17H22BrN3OS. The quantitative estimate of drug-likeness (QED) is 0.828. The first-order valence-corrected chi connectivity index (χ1v) is 9.06. The number of hydrogen-bond donors (Lipinski definition) is 2. The molecule has 0 aliphatic heterocycles. The third-order valence-electron chi connectivity index (χ3n) is 3.64. The molecule has 4 nitrogen and oxygen atoms in total. The summed E-state index contributed by atoms with van der Waals surface area (Å²) in [6.07, 6.45) is 0. The van der Waals surface area contributed by atoms with Gasteiger partial charge in [0.1, 0.15) is 10.5 Å². The molecule has 1 unspecified atom stereocenters. The molecule has 1 aromatic carbocycles. The standard InChI is InChI=1S/C17H22BrN3OS/c1-16(2,3)13-10-23-14(21-13)9-20-15(22)17(4,19)11-5-7-12(18)8-6-11/h5-8,10H,9,19H2,1-4H3,(H,20,22). The molecule has 23 heavy (non-hydrogen) atoms. The van der Waals surface area contributed by atoms with Crippen LogP contribution < -0.4 is 11.1 Å². The lowest BCUT2D eigenvalue weighted by Crippen LogP contribution is -2.48. The summed E-state index contributed by atoms with van der Waals surface area (Å²) in [5.41, 5.74) is 6.97. The number of carbonyl (C=O) groups is 1. The number of amides is 1. The summed E-state index contributed by atoms with van der Waals surface area (Å²) in [4.78, 5) is 17.0. The zero-order chi connectivity index (χ0) is 17.3. The molecule has 124 valence electrons. The van der Waals surface area contributed by atoms with E-state index in [1.165, 1.54) is 0 Å². The second-order valence-electron chi connectivity index (χ2n) is 6.77. The Bertz CT molecular complexity index is 687. The largest absolute Gasteiger partial charge is 0.348 e. The minimum atomic E-state index is -1.08. The highest BCUT2D eigenvalue weighted by Crippen LogP contribution is 2.24. The van der Waals surface area contributed by atoms with E-state index < -0.39 is 5.54 Å². The van der Waals surface area contributed by atoms with E-state index in [2.05, 4.69) is 47.0 Å². The van der Waals surface area contributed by atoms with Gasteiger partial charge in [-0.1, -0.05) is 48.8 Å². The molecule has 0 radical (unpaired) electrons. The van der Waals surface area contributed by atoms with E-state index in [0.717, 1.165) is 20.7 Å². The van der Waals surface area contributed by atoms with E-state index in [1.807, 2.05) is 29.6 Å².